The van der Waals surface area contributed by atoms with E-state index >= 15 is 0 Å². The molecule has 8 heteroatoms. The number of piperazine rings is 1. The third-order valence-electron chi connectivity index (χ3n) is 3.56. The van der Waals surface area contributed by atoms with Crippen LogP contribution in [0.5, 0.6) is 0 Å². The second-order valence-electron chi connectivity index (χ2n) is 5.11. The van der Waals surface area contributed by atoms with Gasteiger partial charge in [0.1, 0.15) is 0 Å². The number of carbonyl (C=O) groups is 1. The molecule has 0 spiro atoms. The van der Waals surface area contributed by atoms with Crippen LogP contribution >= 0.6 is 15.9 Å². The van der Waals surface area contributed by atoms with Crippen molar-refractivity contribution in [2.75, 3.05) is 33.2 Å². The van der Waals surface area contributed by atoms with E-state index in [9.17, 15) is 14.9 Å². The van der Waals surface area contributed by atoms with Gasteiger partial charge < -0.3 is 15.5 Å². The molecule has 1 unspecified atom stereocenters. The Bertz CT molecular complexity index is 566. The van der Waals surface area contributed by atoms with Crippen molar-refractivity contribution in [2.24, 2.45) is 5.73 Å². The Kier molecular flexibility index (Phi) is 4.92. The van der Waals surface area contributed by atoms with Crippen molar-refractivity contribution in [3.05, 3.63) is 38.3 Å². The van der Waals surface area contributed by atoms with Gasteiger partial charge in [-0.3, -0.25) is 14.9 Å². The van der Waals surface area contributed by atoms with Gasteiger partial charge in [-0.2, -0.15) is 0 Å². The maximum absolute atomic E-state index is 12.6. The second kappa shape index (κ2) is 6.50. The van der Waals surface area contributed by atoms with E-state index in [1.54, 1.807) is 11.0 Å². The van der Waals surface area contributed by atoms with E-state index < -0.39 is 4.92 Å². The van der Waals surface area contributed by atoms with Crippen LogP contribution < -0.4 is 5.73 Å². The summed E-state index contributed by atoms with van der Waals surface area (Å²) in [6, 6.07) is 4.20. The van der Waals surface area contributed by atoms with Crippen molar-refractivity contribution in [2.45, 2.75) is 6.04 Å². The SMILES string of the molecule is CN1CCN(C(=O)c2cc(Br)cc([N+](=O)[O-])c2)C(CN)C1. The Labute approximate surface area is 131 Å². The van der Waals surface area contributed by atoms with Gasteiger partial charge in [-0.05, 0) is 13.1 Å². The number of likely N-dealkylation sites (N-methyl/N-ethyl adjacent to an activating group) is 1. The number of hydrogen-bond donors (Lipinski definition) is 1. The van der Waals surface area contributed by atoms with Gasteiger partial charge >= 0.3 is 0 Å². The van der Waals surface area contributed by atoms with E-state index in [0.717, 1.165) is 6.54 Å². The zero-order chi connectivity index (χ0) is 15.6. The summed E-state index contributed by atoms with van der Waals surface area (Å²) in [7, 11) is 1.98. The fourth-order valence-electron chi connectivity index (χ4n) is 2.45. The molecule has 1 aliphatic rings. The van der Waals surface area contributed by atoms with Gasteiger partial charge in [0.05, 0.1) is 11.0 Å². The lowest BCUT2D eigenvalue weighted by Gasteiger charge is -2.39. The minimum atomic E-state index is -0.508. The fourth-order valence-corrected chi connectivity index (χ4v) is 2.93. The molecule has 21 heavy (non-hydrogen) atoms. The molecule has 1 saturated heterocycles. The molecule has 0 radical (unpaired) electrons. The largest absolute Gasteiger partial charge is 0.332 e. The third kappa shape index (κ3) is 3.58. The van der Waals surface area contributed by atoms with Crippen LogP contribution in [0.3, 0.4) is 0 Å². The summed E-state index contributed by atoms with van der Waals surface area (Å²) in [6.45, 7) is 2.40. The molecule has 114 valence electrons. The molecule has 2 N–H and O–H groups in total. The molecular weight excluding hydrogens is 340 g/mol. The summed E-state index contributed by atoms with van der Waals surface area (Å²) in [4.78, 5) is 26.8. The van der Waals surface area contributed by atoms with E-state index in [1.807, 2.05) is 7.05 Å². The zero-order valence-corrected chi connectivity index (χ0v) is 13.2. The minimum Gasteiger partial charge on any atom is -0.332 e. The fraction of sp³-hybridized carbons (Fsp3) is 0.462. The monoisotopic (exact) mass is 356 g/mol. The van der Waals surface area contributed by atoms with E-state index in [4.69, 9.17) is 5.73 Å². The number of nitrogens with two attached hydrogens (primary N) is 1. The third-order valence-corrected chi connectivity index (χ3v) is 4.02. The molecule has 1 atom stereocenters. The van der Waals surface area contributed by atoms with Gasteiger partial charge in [0, 0.05) is 48.3 Å². The summed E-state index contributed by atoms with van der Waals surface area (Å²) < 4.78 is 0.512. The van der Waals surface area contributed by atoms with Crippen molar-refractivity contribution >= 4 is 27.5 Å². The van der Waals surface area contributed by atoms with Crippen molar-refractivity contribution in [1.29, 1.82) is 0 Å². The Morgan fingerprint density at radius 1 is 1.48 bits per heavy atom. The maximum atomic E-state index is 12.6. The number of rotatable bonds is 3. The average Bonchev–Trinajstić information content (AvgIpc) is 2.45. The lowest BCUT2D eigenvalue weighted by atomic mass is 10.1. The van der Waals surface area contributed by atoms with Crippen molar-refractivity contribution in [3.63, 3.8) is 0 Å². The van der Waals surface area contributed by atoms with Crippen LogP contribution in [0.2, 0.25) is 0 Å². The predicted octanol–water partition coefficient (Wildman–Crippen LogP) is 1.07. The van der Waals surface area contributed by atoms with Crippen LogP contribution in [0.15, 0.2) is 22.7 Å². The molecule has 1 heterocycles. The summed E-state index contributed by atoms with van der Waals surface area (Å²) in [5, 5.41) is 10.9. The van der Waals surface area contributed by atoms with E-state index in [0.29, 0.717) is 29.7 Å². The Morgan fingerprint density at radius 3 is 2.81 bits per heavy atom. The molecule has 1 aromatic carbocycles. The van der Waals surface area contributed by atoms with Crippen LogP contribution in [0, 0.1) is 10.1 Å². The van der Waals surface area contributed by atoms with E-state index in [1.165, 1.54) is 12.1 Å². The zero-order valence-electron chi connectivity index (χ0n) is 11.7. The number of halogens is 1. The average molecular weight is 357 g/mol. The standard InChI is InChI=1S/C13H17BrN4O3/c1-16-2-3-17(12(7-15)8-16)13(19)9-4-10(14)6-11(5-9)18(20)21/h4-6,12H,2-3,7-8,15H2,1H3. The summed E-state index contributed by atoms with van der Waals surface area (Å²) in [5.41, 5.74) is 5.94. The van der Waals surface area contributed by atoms with Gasteiger partial charge in [-0.15, -0.1) is 0 Å². The van der Waals surface area contributed by atoms with Crippen LogP contribution in [0.4, 0.5) is 5.69 Å². The lowest BCUT2D eigenvalue weighted by Crippen LogP contribution is -2.56. The highest BCUT2D eigenvalue weighted by molar-refractivity contribution is 9.10. The van der Waals surface area contributed by atoms with Gasteiger partial charge in [-0.1, -0.05) is 15.9 Å². The van der Waals surface area contributed by atoms with E-state index in [-0.39, 0.29) is 17.6 Å². The number of hydrogen-bond acceptors (Lipinski definition) is 5. The van der Waals surface area contributed by atoms with Crippen LogP contribution in [0.25, 0.3) is 0 Å². The summed E-state index contributed by atoms with van der Waals surface area (Å²) in [5.74, 6) is -0.219. The quantitative estimate of drug-likeness (QED) is 0.645. The summed E-state index contributed by atoms with van der Waals surface area (Å²) >= 11 is 3.21. The molecule has 0 aliphatic carbocycles. The molecule has 0 bridgehead atoms. The first-order valence-electron chi connectivity index (χ1n) is 6.57. The minimum absolute atomic E-state index is 0.0747. The van der Waals surface area contributed by atoms with E-state index in [2.05, 4.69) is 20.8 Å². The number of carbonyl (C=O) groups excluding carboxylic acids is 1. The van der Waals surface area contributed by atoms with Crippen LogP contribution in [-0.2, 0) is 0 Å². The number of non-ortho nitro benzene ring substituents is 1. The first kappa shape index (κ1) is 15.9. The molecule has 0 aromatic heterocycles. The van der Waals surface area contributed by atoms with Crippen molar-refractivity contribution < 1.29 is 9.72 Å². The first-order chi connectivity index (χ1) is 9.92. The second-order valence-corrected chi connectivity index (χ2v) is 6.02. The molecule has 0 saturated carbocycles. The van der Waals surface area contributed by atoms with Gasteiger partial charge in [0.15, 0.2) is 0 Å². The van der Waals surface area contributed by atoms with Gasteiger partial charge in [0.2, 0.25) is 0 Å². The first-order valence-corrected chi connectivity index (χ1v) is 7.36. The van der Waals surface area contributed by atoms with Crippen LogP contribution in [0.1, 0.15) is 10.4 Å². The maximum Gasteiger partial charge on any atom is 0.271 e. The number of nitro benzene ring substituents is 1. The van der Waals surface area contributed by atoms with Gasteiger partial charge in [0.25, 0.3) is 11.6 Å². The molecule has 1 aliphatic heterocycles. The van der Waals surface area contributed by atoms with Gasteiger partial charge in [-0.25, -0.2) is 0 Å². The Morgan fingerprint density at radius 2 is 2.19 bits per heavy atom. The highest BCUT2D eigenvalue weighted by atomic mass is 79.9. The number of nitrogens with zero attached hydrogens (tertiary/aromatic N) is 3. The number of amides is 1. The molecule has 1 aromatic rings. The normalized spacial score (nSPS) is 19.6. The Hall–Kier alpha value is -1.51. The molecular formula is C13H17BrN4O3. The molecule has 7 nitrogen and oxygen atoms in total. The van der Waals surface area contributed by atoms with Crippen molar-refractivity contribution in [3.8, 4) is 0 Å². The molecule has 1 fully saturated rings. The Balaban J connectivity index is 2.28. The topological polar surface area (TPSA) is 92.7 Å². The molecule has 2 rings (SSSR count). The smallest absolute Gasteiger partial charge is 0.271 e. The van der Waals surface area contributed by atoms with Crippen LogP contribution in [-0.4, -0.2) is 59.9 Å². The number of benzene rings is 1. The molecule has 1 amide bonds. The lowest BCUT2D eigenvalue weighted by molar-refractivity contribution is -0.385. The highest BCUT2D eigenvalue weighted by Crippen LogP contribution is 2.23. The highest BCUT2D eigenvalue weighted by Gasteiger charge is 2.29. The number of nitro groups is 1. The summed E-state index contributed by atoms with van der Waals surface area (Å²) in [6.07, 6.45) is 0. The van der Waals surface area contributed by atoms with Crippen molar-refractivity contribution in [1.82, 2.24) is 9.80 Å². The predicted molar refractivity (Wildman–Crippen MR) is 82.2 cm³/mol.